The van der Waals surface area contributed by atoms with Crippen molar-refractivity contribution in [3.8, 4) is 28.6 Å². The Hall–Kier alpha value is -7.50. The Morgan fingerprint density at radius 2 is 0.891 bits per heavy atom. The van der Waals surface area contributed by atoms with Crippen LogP contribution in [0.15, 0.2) is 188 Å². The summed E-state index contributed by atoms with van der Waals surface area (Å²) in [5.41, 5.74) is 11.6. The Labute approximate surface area is 315 Å². The fourth-order valence-corrected chi connectivity index (χ4v) is 8.89. The van der Waals surface area contributed by atoms with Crippen molar-refractivity contribution in [3.05, 3.63) is 188 Å². The van der Waals surface area contributed by atoms with Crippen LogP contribution in [0.25, 0.3) is 105 Å². The SMILES string of the molecule is c1ccc(-c2nc(-n3c4ccccc4c4cc5c6ccccc6n(-c6ccccc6)c5cc43)nc3c4c5ccccc5ccc4n(-c4ccccc4)c23)cc1. The standard InChI is InChI=1S/C50H31N5/c1-4-17-33(18-5-1)47-49-48(46-36-23-11-10-16-32(36)28-29-43(46)54(49)35-21-8-3-9-22-35)52-50(51-47)55-42-27-15-13-25-38(42)40-30-39-37-24-12-14-26-41(37)53(44(39)31-45(40)55)34-19-6-2-7-20-34/h1-31H. The lowest BCUT2D eigenvalue weighted by atomic mass is 10.1. The number of hydrogen-bond donors (Lipinski definition) is 0. The molecule has 12 rings (SSSR count). The number of nitrogens with zero attached hydrogens (tertiary/aromatic N) is 5. The van der Waals surface area contributed by atoms with E-state index in [-0.39, 0.29) is 0 Å². The fraction of sp³-hybridized carbons (Fsp3) is 0. The van der Waals surface area contributed by atoms with Crippen LogP contribution in [-0.2, 0) is 0 Å². The first-order chi connectivity index (χ1) is 27.3. The van der Waals surface area contributed by atoms with E-state index in [1.165, 1.54) is 32.4 Å². The molecule has 12 aromatic rings. The van der Waals surface area contributed by atoms with Crippen molar-refractivity contribution in [2.24, 2.45) is 0 Å². The molecule has 0 N–H and O–H groups in total. The summed E-state index contributed by atoms with van der Waals surface area (Å²) < 4.78 is 7.00. The zero-order valence-corrected chi connectivity index (χ0v) is 29.6. The van der Waals surface area contributed by atoms with Crippen LogP contribution in [0.1, 0.15) is 0 Å². The van der Waals surface area contributed by atoms with Crippen molar-refractivity contribution in [2.75, 3.05) is 0 Å². The Morgan fingerprint density at radius 1 is 0.345 bits per heavy atom. The lowest BCUT2D eigenvalue weighted by Crippen LogP contribution is -2.05. The molecule has 0 saturated carbocycles. The van der Waals surface area contributed by atoms with Gasteiger partial charge in [-0.05, 0) is 65.4 Å². The van der Waals surface area contributed by atoms with Crippen molar-refractivity contribution in [2.45, 2.75) is 0 Å². The quantitative estimate of drug-likeness (QED) is 0.183. The number of rotatable bonds is 4. The van der Waals surface area contributed by atoms with Gasteiger partial charge in [-0.2, -0.15) is 0 Å². The molecule has 4 heterocycles. The minimum absolute atomic E-state index is 0.638. The van der Waals surface area contributed by atoms with Crippen LogP contribution in [0.2, 0.25) is 0 Å². The van der Waals surface area contributed by atoms with Crippen LogP contribution in [0.4, 0.5) is 0 Å². The molecule has 0 atom stereocenters. The molecule has 5 heteroatoms. The lowest BCUT2D eigenvalue weighted by Gasteiger charge is -2.13. The lowest BCUT2D eigenvalue weighted by molar-refractivity contribution is 1.01. The minimum Gasteiger partial charge on any atom is -0.309 e. The number of hydrogen-bond acceptors (Lipinski definition) is 2. The van der Waals surface area contributed by atoms with Gasteiger partial charge < -0.3 is 9.13 Å². The highest BCUT2D eigenvalue weighted by Crippen LogP contribution is 2.43. The van der Waals surface area contributed by atoms with Crippen LogP contribution in [0.5, 0.6) is 0 Å². The maximum atomic E-state index is 5.66. The minimum atomic E-state index is 0.638. The number of para-hydroxylation sites is 4. The molecule has 0 bridgehead atoms. The second-order valence-electron chi connectivity index (χ2n) is 14.2. The maximum absolute atomic E-state index is 5.66. The van der Waals surface area contributed by atoms with E-state index in [9.17, 15) is 0 Å². The maximum Gasteiger partial charge on any atom is 0.235 e. The van der Waals surface area contributed by atoms with Crippen LogP contribution in [-0.4, -0.2) is 23.7 Å². The smallest absolute Gasteiger partial charge is 0.235 e. The third kappa shape index (κ3) is 4.29. The molecule has 0 saturated heterocycles. The number of benzene rings is 8. The topological polar surface area (TPSA) is 40.6 Å². The van der Waals surface area contributed by atoms with Gasteiger partial charge in [-0.3, -0.25) is 4.57 Å². The van der Waals surface area contributed by atoms with Crippen molar-refractivity contribution in [1.82, 2.24) is 23.7 Å². The Bertz CT molecular complexity index is 3470. The van der Waals surface area contributed by atoms with Gasteiger partial charge in [-0.15, -0.1) is 0 Å². The summed E-state index contributed by atoms with van der Waals surface area (Å²) in [6, 6.07) is 67.0. The summed E-state index contributed by atoms with van der Waals surface area (Å²) in [4.78, 5) is 11.3. The van der Waals surface area contributed by atoms with Gasteiger partial charge in [-0.1, -0.05) is 133 Å². The monoisotopic (exact) mass is 701 g/mol. The van der Waals surface area contributed by atoms with Crippen LogP contribution >= 0.6 is 0 Å². The number of aromatic nitrogens is 5. The van der Waals surface area contributed by atoms with E-state index in [2.05, 4.69) is 202 Å². The van der Waals surface area contributed by atoms with E-state index in [1.54, 1.807) is 0 Å². The molecule has 5 nitrogen and oxygen atoms in total. The molecule has 0 fully saturated rings. The highest BCUT2D eigenvalue weighted by atomic mass is 15.2. The van der Waals surface area contributed by atoms with Gasteiger partial charge in [0.05, 0.1) is 33.1 Å². The second kappa shape index (κ2) is 11.5. The summed E-state index contributed by atoms with van der Waals surface area (Å²) in [6.07, 6.45) is 0. The molecule has 0 aliphatic heterocycles. The molecular weight excluding hydrogens is 671 g/mol. The van der Waals surface area contributed by atoms with Crippen molar-refractivity contribution >= 4 is 76.3 Å². The van der Waals surface area contributed by atoms with Gasteiger partial charge in [0, 0.05) is 43.9 Å². The highest BCUT2D eigenvalue weighted by molar-refractivity contribution is 6.23. The summed E-state index contributed by atoms with van der Waals surface area (Å²) in [5.74, 6) is 0.638. The highest BCUT2D eigenvalue weighted by Gasteiger charge is 2.25. The average molecular weight is 702 g/mol. The normalized spacial score (nSPS) is 12.0. The molecule has 0 amide bonds. The van der Waals surface area contributed by atoms with Gasteiger partial charge in [0.1, 0.15) is 11.2 Å². The van der Waals surface area contributed by atoms with Crippen LogP contribution in [0.3, 0.4) is 0 Å². The number of fused-ring (bicyclic) bond motifs is 11. The molecule has 0 radical (unpaired) electrons. The zero-order valence-electron chi connectivity index (χ0n) is 29.6. The van der Waals surface area contributed by atoms with Crippen molar-refractivity contribution in [1.29, 1.82) is 0 Å². The Kier molecular flexibility index (Phi) is 6.27. The van der Waals surface area contributed by atoms with Gasteiger partial charge in [0.25, 0.3) is 0 Å². The van der Waals surface area contributed by atoms with Gasteiger partial charge >= 0.3 is 0 Å². The molecule has 0 unspecified atom stereocenters. The molecule has 0 spiro atoms. The van der Waals surface area contributed by atoms with E-state index in [0.29, 0.717) is 5.95 Å². The fourth-order valence-electron chi connectivity index (χ4n) is 8.89. The average Bonchev–Trinajstić information content (AvgIpc) is 3.89. The predicted molar refractivity (Wildman–Crippen MR) is 228 cm³/mol. The molecule has 256 valence electrons. The molecule has 8 aromatic carbocycles. The van der Waals surface area contributed by atoms with Gasteiger partial charge in [0.2, 0.25) is 5.95 Å². The molecule has 55 heavy (non-hydrogen) atoms. The summed E-state index contributed by atoms with van der Waals surface area (Å²) in [5, 5.41) is 8.24. The molecule has 0 aliphatic carbocycles. The first kappa shape index (κ1) is 30.0. The summed E-state index contributed by atoms with van der Waals surface area (Å²) >= 11 is 0. The Morgan fingerprint density at radius 3 is 1.58 bits per heavy atom. The summed E-state index contributed by atoms with van der Waals surface area (Å²) in [6.45, 7) is 0. The van der Waals surface area contributed by atoms with Crippen LogP contribution in [0, 0.1) is 0 Å². The van der Waals surface area contributed by atoms with E-state index in [1.807, 2.05) is 0 Å². The van der Waals surface area contributed by atoms with E-state index in [4.69, 9.17) is 9.97 Å². The van der Waals surface area contributed by atoms with E-state index in [0.717, 1.165) is 66.5 Å². The van der Waals surface area contributed by atoms with Crippen molar-refractivity contribution in [3.63, 3.8) is 0 Å². The second-order valence-corrected chi connectivity index (χ2v) is 14.2. The van der Waals surface area contributed by atoms with Gasteiger partial charge in [0.15, 0.2) is 0 Å². The third-order valence-electron chi connectivity index (χ3n) is 11.2. The largest absolute Gasteiger partial charge is 0.309 e. The molecule has 4 aromatic heterocycles. The first-order valence-electron chi connectivity index (χ1n) is 18.7. The van der Waals surface area contributed by atoms with E-state index < -0.39 is 0 Å². The van der Waals surface area contributed by atoms with Crippen molar-refractivity contribution < 1.29 is 0 Å². The summed E-state index contributed by atoms with van der Waals surface area (Å²) in [7, 11) is 0. The zero-order chi connectivity index (χ0) is 36.0. The predicted octanol–water partition coefficient (Wildman–Crippen LogP) is 12.6. The third-order valence-corrected chi connectivity index (χ3v) is 11.2. The van der Waals surface area contributed by atoms with E-state index >= 15 is 0 Å². The first-order valence-corrected chi connectivity index (χ1v) is 18.7. The van der Waals surface area contributed by atoms with Gasteiger partial charge in [-0.25, -0.2) is 9.97 Å². The molecule has 0 aliphatic rings. The van der Waals surface area contributed by atoms with Crippen LogP contribution < -0.4 is 0 Å². The molecular formula is C50H31N5. The Balaban J connectivity index is 1.27.